The highest BCUT2D eigenvalue weighted by Crippen LogP contribution is 2.23. The summed E-state index contributed by atoms with van der Waals surface area (Å²) in [5.74, 6) is 1.02. The average Bonchev–Trinajstić information content (AvgIpc) is 3.32. The molecule has 1 N–H and O–H groups in total. The molecule has 1 aliphatic heterocycles. The smallest absolute Gasteiger partial charge is 0.289 e. The molecule has 0 aliphatic carbocycles. The van der Waals surface area contributed by atoms with Gasteiger partial charge in [0.2, 0.25) is 11.7 Å². The zero-order valence-corrected chi connectivity index (χ0v) is 14.6. The SMILES string of the molecule is Cn1ccnc1N1CCC(NC(=O)c2ocnc2-c2ccccc2)CC1. The number of oxazole rings is 1. The standard InChI is InChI=1S/C19H21N5O2/c1-23-12-9-20-19(23)24-10-7-15(8-11-24)22-18(25)17-16(21-13-26-17)14-5-3-2-4-6-14/h2-6,9,12-13,15H,7-8,10-11H2,1H3,(H,22,25). The van der Waals surface area contributed by atoms with E-state index in [0.717, 1.165) is 37.4 Å². The predicted octanol–water partition coefficient (Wildman–Crippen LogP) is 2.47. The fourth-order valence-electron chi connectivity index (χ4n) is 3.35. The number of nitrogens with one attached hydrogen (secondary N) is 1. The minimum absolute atomic E-state index is 0.118. The van der Waals surface area contributed by atoms with Crippen molar-refractivity contribution in [1.82, 2.24) is 19.9 Å². The number of hydrogen-bond acceptors (Lipinski definition) is 5. The molecule has 7 nitrogen and oxygen atoms in total. The van der Waals surface area contributed by atoms with E-state index < -0.39 is 0 Å². The van der Waals surface area contributed by atoms with E-state index in [0.29, 0.717) is 5.69 Å². The molecule has 4 rings (SSSR count). The van der Waals surface area contributed by atoms with Gasteiger partial charge in [-0.05, 0) is 12.8 Å². The molecular weight excluding hydrogens is 330 g/mol. The fraction of sp³-hybridized carbons (Fsp3) is 0.316. The molecule has 7 heteroatoms. The van der Waals surface area contributed by atoms with Gasteiger partial charge in [-0.1, -0.05) is 30.3 Å². The number of imidazole rings is 1. The number of nitrogens with zero attached hydrogens (tertiary/aromatic N) is 4. The quantitative estimate of drug-likeness (QED) is 0.781. The Bertz CT molecular complexity index is 878. The molecular formula is C19H21N5O2. The van der Waals surface area contributed by atoms with Gasteiger partial charge in [0.15, 0.2) is 6.39 Å². The summed E-state index contributed by atoms with van der Waals surface area (Å²) in [6.45, 7) is 1.72. The lowest BCUT2D eigenvalue weighted by molar-refractivity contribution is 0.0904. The summed E-state index contributed by atoms with van der Waals surface area (Å²) < 4.78 is 7.38. The maximum absolute atomic E-state index is 12.7. The topological polar surface area (TPSA) is 76.2 Å². The number of benzene rings is 1. The van der Waals surface area contributed by atoms with Gasteiger partial charge in [-0.15, -0.1) is 0 Å². The van der Waals surface area contributed by atoms with Gasteiger partial charge in [0.05, 0.1) is 0 Å². The molecule has 1 fully saturated rings. The molecule has 1 saturated heterocycles. The summed E-state index contributed by atoms with van der Waals surface area (Å²) in [5, 5.41) is 3.09. The third-order valence-corrected chi connectivity index (χ3v) is 4.73. The predicted molar refractivity (Wildman–Crippen MR) is 97.8 cm³/mol. The van der Waals surface area contributed by atoms with Crippen molar-refractivity contribution in [3.63, 3.8) is 0 Å². The van der Waals surface area contributed by atoms with Crippen LogP contribution in [0.2, 0.25) is 0 Å². The van der Waals surface area contributed by atoms with Gasteiger partial charge in [-0.2, -0.15) is 0 Å². The van der Waals surface area contributed by atoms with Crippen LogP contribution in [0.1, 0.15) is 23.4 Å². The number of amides is 1. The Morgan fingerprint density at radius 1 is 1.19 bits per heavy atom. The molecule has 134 valence electrons. The Hall–Kier alpha value is -3.09. The summed E-state index contributed by atoms with van der Waals surface area (Å²) >= 11 is 0. The maximum atomic E-state index is 12.7. The van der Waals surface area contributed by atoms with Crippen LogP contribution in [-0.4, -0.2) is 39.6 Å². The molecule has 3 heterocycles. The number of anilines is 1. The average molecular weight is 351 g/mol. The summed E-state index contributed by atoms with van der Waals surface area (Å²) in [6, 6.07) is 9.71. The van der Waals surface area contributed by atoms with E-state index in [2.05, 4.69) is 20.2 Å². The third kappa shape index (κ3) is 3.20. The van der Waals surface area contributed by atoms with Crippen LogP contribution < -0.4 is 10.2 Å². The Morgan fingerprint density at radius 3 is 2.65 bits per heavy atom. The number of carbonyl (C=O) groups is 1. The lowest BCUT2D eigenvalue weighted by atomic mass is 10.0. The highest BCUT2D eigenvalue weighted by molar-refractivity contribution is 5.97. The number of rotatable bonds is 4. The number of piperidine rings is 1. The summed E-state index contributed by atoms with van der Waals surface area (Å²) in [5.41, 5.74) is 1.45. The largest absolute Gasteiger partial charge is 0.438 e. The van der Waals surface area contributed by atoms with E-state index in [1.54, 1.807) is 6.20 Å². The van der Waals surface area contributed by atoms with Crippen molar-refractivity contribution in [2.45, 2.75) is 18.9 Å². The Balaban J connectivity index is 1.40. The van der Waals surface area contributed by atoms with Crippen LogP contribution >= 0.6 is 0 Å². The third-order valence-electron chi connectivity index (χ3n) is 4.73. The van der Waals surface area contributed by atoms with E-state index in [4.69, 9.17) is 4.42 Å². The molecule has 0 bridgehead atoms. The minimum Gasteiger partial charge on any atom is -0.438 e. The molecule has 1 aliphatic rings. The minimum atomic E-state index is -0.211. The van der Waals surface area contributed by atoms with E-state index in [1.165, 1.54) is 6.39 Å². The zero-order valence-electron chi connectivity index (χ0n) is 14.6. The monoisotopic (exact) mass is 351 g/mol. The van der Waals surface area contributed by atoms with Gasteiger partial charge < -0.3 is 19.2 Å². The Morgan fingerprint density at radius 2 is 1.96 bits per heavy atom. The Kier molecular flexibility index (Phi) is 4.43. The normalized spacial score (nSPS) is 15.2. The van der Waals surface area contributed by atoms with Crippen LogP contribution in [0.15, 0.2) is 53.5 Å². The van der Waals surface area contributed by atoms with Gasteiger partial charge in [0.25, 0.3) is 5.91 Å². The van der Waals surface area contributed by atoms with Gasteiger partial charge in [-0.25, -0.2) is 9.97 Å². The van der Waals surface area contributed by atoms with Crippen LogP contribution in [0, 0.1) is 0 Å². The van der Waals surface area contributed by atoms with E-state index in [-0.39, 0.29) is 17.7 Å². The van der Waals surface area contributed by atoms with Gasteiger partial charge in [0, 0.05) is 44.1 Å². The second kappa shape index (κ2) is 7.03. The zero-order chi connectivity index (χ0) is 17.9. The van der Waals surface area contributed by atoms with Crippen molar-refractivity contribution in [3.8, 4) is 11.3 Å². The molecule has 3 aromatic rings. The van der Waals surface area contributed by atoms with Gasteiger partial charge in [-0.3, -0.25) is 4.79 Å². The number of aromatic nitrogens is 3. The first kappa shape index (κ1) is 16.4. The van der Waals surface area contributed by atoms with Crippen LogP contribution in [-0.2, 0) is 7.05 Å². The summed E-state index contributed by atoms with van der Waals surface area (Å²) in [7, 11) is 1.99. The van der Waals surface area contributed by atoms with Crippen molar-refractivity contribution >= 4 is 11.9 Å². The summed E-state index contributed by atoms with van der Waals surface area (Å²) in [6.07, 6.45) is 6.80. The van der Waals surface area contributed by atoms with Crippen LogP contribution in [0.4, 0.5) is 5.95 Å². The lowest BCUT2D eigenvalue weighted by Gasteiger charge is -2.32. The van der Waals surface area contributed by atoms with Crippen molar-refractivity contribution in [1.29, 1.82) is 0 Å². The highest BCUT2D eigenvalue weighted by Gasteiger charge is 2.25. The van der Waals surface area contributed by atoms with E-state index in [9.17, 15) is 4.79 Å². The van der Waals surface area contributed by atoms with Crippen LogP contribution in [0.25, 0.3) is 11.3 Å². The maximum Gasteiger partial charge on any atom is 0.289 e. The second-order valence-corrected chi connectivity index (χ2v) is 6.47. The molecule has 1 aromatic carbocycles. The molecule has 0 saturated carbocycles. The lowest BCUT2D eigenvalue weighted by Crippen LogP contribution is -2.45. The number of hydrogen-bond donors (Lipinski definition) is 1. The molecule has 0 radical (unpaired) electrons. The summed E-state index contributed by atoms with van der Waals surface area (Å²) in [4.78, 5) is 23.5. The molecule has 0 atom stereocenters. The van der Waals surface area contributed by atoms with Crippen molar-refractivity contribution in [2.24, 2.45) is 7.05 Å². The Labute approximate surface area is 151 Å². The molecule has 26 heavy (non-hydrogen) atoms. The van der Waals surface area contributed by atoms with Gasteiger partial charge in [0.1, 0.15) is 5.69 Å². The van der Waals surface area contributed by atoms with E-state index in [1.807, 2.05) is 48.1 Å². The molecule has 2 aromatic heterocycles. The molecule has 0 spiro atoms. The van der Waals surface area contributed by atoms with Crippen molar-refractivity contribution < 1.29 is 9.21 Å². The highest BCUT2D eigenvalue weighted by atomic mass is 16.3. The first-order valence-electron chi connectivity index (χ1n) is 8.74. The van der Waals surface area contributed by atoms with Crippen molar-refractivity contribution in [2.75, 3.05) is 18.0 Å². The van der Waals surface area contributed by atoms with E-state index >= 15 is 0 Å². The fourth-order valence-corrected chi connectivity index (χ4v) is 3.35. The molecule has 1 amide bonds. The first-order chi connectivity index (χ1) is 12.7. The number of aryl methyl sites for hydroxylation is 1. The number of carbonyl (C=O) groups excluding carboxylic acids is 1. The van der Waals surface area contributed by atoms with Crippen LogP contribution in [0.5, 0.6) is 0 Å². The van der Waals surface area contributed by atoms with Gasteiger partial charge >= 0.3 is 0 Å². The van der Waals surface area contributed by atoms with Crippen LogP contribution in [0.3, 0.4) is 0 Å². The first-order valence-corrected chi connectivity index (χ1v) is 8.74. The molecule has 0 unspecified atom stereocenters. The van der Waals surface area contributed by atoms with Crippen molar-refractivity contribution in [3.05, 3.63) is 54.9 Å². The second-order valence-electron chi connectivity index (χ2n) is 6.47.